The molecule has 2 rings (SSSR count). The summed E-state index contributed by atoms with van der Waals surface area (Å²) >= 11 is 0. The Morgan fingerprint density at radius 3 is 2.25 bits per heavy atom. The van der Waals surface area contributed by atoms with Gasteiger partial charge in [0.05, 0.1) is 0 Å². The van der Waals surface area contributed by atoms with Crippen LogP contribution in [0.3, 0.4) is 0 Å². The van der Waals surface area contributed by atoms with E-state index in [0.717, 1.165) is 6.04 Å². The van der Waals surface area contributed by atoms with Gasteiger partial charge in [0.15, 0.2) is 0 Å². The highest BCUT2D eigenvalue weighted by molar-refractivity contribution is 4.84. The largest absolute Gasteiger partial charge is 0.296 e. The lowest BCUT2D eigenvalue weighted by molar-refractivity contribution is 0.254. The number of hydrogen-bond donors (Lipinski definition) is 0. The first-order chi connectivity index (χ1) is 5.97. The second kappa shape index (κ2) is 4.27. The molecule has 2 aliphatic rings. The van der Waals surface area contributed by atoms with Gasteiger partial charge in [0, 0.05) is 12.6 Å². The van der Waals surface area contributed by atoms with Crippen LogP contribution in [0.15, 0.2) is 0 Å². The van der Waals surface area contributed by atoms with Crippen LogP contribution in [0.5, 0.6) is 0 Å². The summed E-state index contributed by atoms with van der Waals surface area (Å²) in [5, 5.41) is 0. The fraction of sp³-hybridized carbons (Fsp3) is 0.909. The molecule has 0 amide bonds. The van der Waals surface area contributed by atoms with E-state index in [2.05, 4.69) is 11.4 Å². The minimum absolute atomic E-state index is 0.912. The molecule has 0 bridgehead atoms. The summed E-state index contributed by atoms with van der Waals surface area (Å²) in [5.41, 5.74) is 0. The van der Waals surface area contributed by atoms with E-state index < -0.39 is 0 Å². The number of hydrogen-bond acceptors (Lipinski definition) is 1. The lowest BCUT2D eigenvalue weighted by atomic mass is 10.1. The van der Waals surface area contributed by atoms with Crippen molar-refractivity contribution in [1.29, 1.82) is 0 Å². The van der Waals surface area contributed by atoms with E-state index in [1.807, 2.05) is 0 Å². The van der Waals surface area contributed by atoms with Crippen molar-refractivity contribution < 1.29 is 0 Å². The molecule has 1 heteroatoms. The van der Waals surface area contributed by atoms with Gasteiger partial charge in [0.1, 0.15) is 0 Å². The molecule has 0 unspecified atom stereocenters. The van der Waals surface area contributed by atoms with Crippen molar-refractivity contribution in [3.05, 3.63) is 6.54 Å². The van der Waals surface area contributed by atoms with E-state index in [0.29, 0.717) is 0 Å². The summed E-state index contributed by atoms with van der Waals surface area (Å²) in [6, 6.07) is 0.912. The van der Waals surface area contributed by atoms with Gasteiger partial charge in [-0.2, -0.15) is 0 Å². The van der Waals surface area contributed by atoms with Crippen molar-refractivity contribution in [3.8, 4) is 0 Å². The van der Waals surface area contributed by atoms with Crippen LogP contribution >= 0.6 is 0 Å². The molecule has 12 heavy (non-hydrogen) atoms. The molecule has 0 aromatic rings. The zero-order valence-corrected chi connectivity index (χ0v) is 7.97. The predicted molar refractivity (Wildman–Crippen MR) is 51.7 cm³/mol. The molecule has 0 N–H and O–H groups in total. The van der Waals surface area contributed by atoms with Crippen LogP contribution in [0.4, 0.5) is 0 Å². The predicted octanol–water partition coefficient (Wildman–Crippen LogP) is 2.97. The molecule has 1 nitrogen and oxygen atoms in total. The minimum atomic E-state index is 0.912. The lowest BCUT2D eigenvalue weighted by Gasteiger charge is -2.25. The van der Waals surface area contributed by atoms with Crippen LogP contribution in [0.25, 0.3) is 0 Å². The molecule has 1 aliphatic carbocycles. The molecular weight excluding hydrogens is 146 g/mol. The SMILES string of the molecule is [CH]1CCCN1C1CCCCCC1. The van der Waals surface area contributed by atoms with E-state index in [1.165, 1.54) is 57.9 Å². The summed E-state index contributed by atoms with van der Waals surface area (Å²) in [4.78, 5) is 2.62. The van der Waals surface area contributed by atoms with Crippen LogP contribution in [0.2, 0.25) is 0 Å². The van der Waals surface area contributed by atoms with Crippen molar-refractivity contribution in [2.75, 3.05) is 6.54 Å². The van der Waals surface area contributed by atoms with Gasteiger partial charge in [-0.25, -0.2) is 0 Å². The average Bonchev–Trinajstić information content (AvgIpc) is 2.48. The molecule has 1 heterocycles. The molecule has 69 valence electrons. The highest BCUT2D eigenvalue weighted by atomic mass is 15.2. The number of nitrogens with zero attached hydrogens (tertiary/aromatic N) is 1. The van der Waals surface area contributed by atoms with Crippen molar-refractivity contribution in [2.24, 2.45) is 0 Å². The molecule has 1 saturated carbocycles. The van der Waals surface area contributed by atoms with Gasteiger partial charge in [-0.15, -0.1) is 0 Å². The van der Waals surface area contributed by atoms with Crippen molar-refractivity contribution >= 4 is 0 Å². The first-order valence-electron chi connectivity index (χ1n) is 5.56. The lowest BCUT2D eigenvalue weighted by Crippen LogP contribution is -2.29. The first-order valence-corrected chi connectivity index (χ1v) is 5.56. The maximum Gasteiger partial charge on any atom is 0.0255 e. The van der Waals surface area contributed by atoms with E-state index >= 15 is 0 Å². The van der Waals surface area contributed by atoms with Crippen molar-refractivity contribution in [1.82, 2.24) is 4.90 Å². The Balaban J connectivity index is 1.83. The molecule has 0 aromatic heterocycles. The summed E-state index contributed by atoms with van der Waals surface area (Å²) in [6.07, 6.45) is 11.5. The summed E-state index contributed by atoms with van der Waals surface area (Å²) in [5.74, 6) is 0. The fourth-order valence-electron chi connectivity index (χ4n) is 2.54. The van der Waals surface area contributed by atoms with Crippen molar-refractivity contribution in [3.63, 3.8) is 0 Å². The van der Waals surface area contributed by atoms with Gasteiger partial charge in [0.2, 0.25) is 0 Å². The topological polar surface area (TPSA) is 3.24 Å². The van der Waals surface area contributed by atoms with Gasteiger partial charge in [-0.05, 0) is 32.2 Å². The zero-order valence-electron chi connectivity index (χ0n) is 7.97. The molecule has 1 aliphatic heterocycles. The Morgan fingerprint density at radius 2 is 1.67 bits per heavy atom. The Morgan fingerprint density at radius 1 is 0.917 bits per heavy atom. The smallest absolute Gasteiger partial charge is 0.0255 e. The van der Waals surface area contributed by atoms with Crippen LogP contribution in [-0.2, 0) is 0 Å². The number of rotatable bonds is 1. The standard InChI is InChI=1S/C11H20N/c1-2-4-8-11(7-3-1)12-9-5-6-10-12/h9,11H,1-8,10H2. The highest BCUT2D eigenvalue weighted by Gasteiger charge is 2.22. The van der Waals surface area contributed by atoms with E-state index in [-0.39, 0.29) is 0 Å². The third kappa shape index (κ3) is 2.01. The van der Waals surface area contributed by atoms with E-state index in [9.17, 15) is 0 Å². The normalized spacial score (nSPS) is 29.0. The summed E-state index contributed by atoms with van der Waals surface area (Å²) < 4.78 is 0. The first kappa shape index (κ1) is 8.55. The van der Waals surface area contributed by atoms with Crippen LogP contribution in [0.1, 0.15) is 51.4 Å². The van der Waals surface area contributed by atoms with Gasteiger partial charge < -0.3 is 0 Å². The molecule has 0 spiro atoms. The Labute approximate surface area is 76.1 Å². The van der Waals surface area contributed by atoms with Gasteiger partial charge in [-0.3, -0.25) is 4.90 Å². The van der Waals surface area contributed by atoms with Crippen LogP contribution in [0, 0.1) is 6.54 Å². The molecule has 1 radical (unpaired) electrons. The van der Waals surface area contributed by atoms with Gasteiger partial charge in [0.25, 0.3) is 0 Å². The molecule has 2 fully saturated rings. The second-order valence-corrected chi connectivity index (χ2v) is 4.21. The second-order valence-electron chi connectivity index (χ2n) is 4.21. The highest BCUT2D eigenvalue weighted by Crippen LogP contribution is 2.26. The summed E-state index contributed by atoms with van der Waals surface area (Å²) in [6.45, 7) is 3.78. The third-order valence-electron chi connectivity index (χ3n) is 3.28. The maximum absolute atomic E-state index is 2.62. The number of likely N-dealkylation sites (tertiary alicyclic amines) is 1. The fourth-order valence-corrected chi connectivity index (χ4v) is 2.54. The molecular formula is C11H20N. The zero-order chi connectivity index (χ0) is 8.23. The molecule has 0 atom stereocenters. The molecule has 0 aromatic carbocycles. The van der Waals surface area contributed by atoms with Crippen molar-refractivity contribution in [2.45, 2.75) is 57.4 Å². The van der Waals surface area contributed by atoms with Gasteiger partial charge >= 0.3 is 0 Å². The Hall–Kier alpha value is -0.0400. The Bertz CT molecular complexity index is 119. The average molecular weight is 166 g/mol. The van der Waals surface area contributed by atoms with E-state index in [4.69, 9.17) is 0 Å². The third-order valence-corrected chi connectivity index (χ3v) is 3.28. The molecule has 1 saturated heterocycles. The monoisotopic (exact) mass is 166 g/mol. The quantitative estimate of drug-likeness (QED) is 0.541. The summed E-state index contributed by atoms with van der Waals surface area (Å²) in [7, 11) is 0. The van der Waals surface area contributed by atoms with Gasteiger partial charge in [-0.1, -0.05) is 25.7 Å². The van der Waals surface area contributed by atoms with Crippen LogP contribution in [-0.4, -0.2) is 17.5 Å². The minimum Gasteiger partial charge on any atom is -0.296 e. The maximum atomic E-state index is 2.62. The van der Waals surface area contributed by atoms with Crippen LogP contribution < -0.4 is 0 Å². The Kier molecular flexibility index (Phi) is 3.04. The van der Waals surface area contributed by atoms with E-state index in [1.54, 1.807) is 0 Å².